The lowest BCUT2D eigenvalue weighted by atomic mass is 9.82. The van der Waals surface area contributed by atoms with Gasteiger partial charge < -0.3 is 5.32 Å². The molecule has 0 bridgehead atoms. The molecular formula is C16H35N. The molecule has 0 aliphatic carbocycles. The van der Waals surface area contributed by atoms with Crippen molar-refractivity contribution in [1.82, 2.24) is 5.32 Å². The van der Waals surface area contributed by atoms with E-state index >= 15 is 0 Å². The van der Waals surface area contributed by atoms with Crippen molar-refractivity contribution < 1.29 is 0 Å². The zero-order valence-corrected chi connectivity index (χ0v) is 13.3. The highest BCUT2D eigenvalue weighted by Gasteiger charge is 2.23. The Morgan fingerprint density at radius 1 is 0.941 bits per heavy atom. The van der Waals surface area contributed by atoms with E-state index in [1.54, 1.807) is 0 Å². The lowest BCUT2D eigenvalue weighted by molar-refractivity contribution is 0.244. The highest BCUT2D eigenvalue weighted by molar-refractivity contribution is 4.80. The fourth-order valence-electron chi connectivity index (χ4n) is 2.16. The van der Waals surface area contributed by atoms with E-state index in [9.17, 15) is 0 Å². The number of nitrogens with one attached hydrogen (secondary N) is 1. The maximum atomic E-state index is 3.71. The molecule has 0 amide bonds. The van der Waals surface area contributed by atoms with Gasteiger partial charge in [0.15, 0.2) is 0 Å². The zero-order valence-electron chi connectivity index (χ0n) is 13.3. The van der Waals surface area contributed by atoms with Crippen molar-refractivity contribution in [3.63, 3.8) is 0 Å². The predicted octanol–water partition coefficient (Wildman–Crippen LogP) is 5.01. The van der Waals surface area contributed by atoms with Crippen molar-refractivity contribution in [2.75, 3.05) is 6.54 Å². The third kappa shape index (κ3) is 9.64. The highest BCUT2D eigenvalue weighted by Crippen LogP contribution is 2.26. The first-order valence-corrected chi connectivity index (χ1v) is 7.40. The van der Waals surface area contributed by atoms with Gasteiger partial charge in [-0.15, -0.1) is 0 Å². The van der Waals surface area contributed by atoms with Crippen LogP contribution in [0.3, 0.4) is 0 Å². The molecule has 0 aromatic carbocycles. The van der Waals surface area contributed by atoms with E-state index in [0.717, 1.165) is 6.54 Å². The summed E-state index contributed by atoms with van der Waals surface area (Å²) in [7, 11) is 0. The highest BCUT2D eigenvalue weighted by atomic mass is 14.9. The summed E-state index contributed by atoms with van der Waals surface area (Å²) in [5.74, 6) is 0. The fourth-order valence-corrected chi connectivity index (χ4v) is 2.16. The molecule has 17 heavy (non-hydrogen) atoms. The van der Waals surface area contributed by atoms with E-state index < -0.39 is 0 Å². The second kappa shape index (κ2) is 7.41. The number of rotatable bonds is 7. The molecule has 0 aliphatic heterocycles. The molecular weight excluding hydrogens is 206 g/mol. The van der Waals surface area contributed by atoms with Crippen LogP contribution in [0.4, 0.5) is 0 Å². The number of hydrogen-bond acceptors (Lipinski definition) is 1. The van der Waals surface area contributed by atoms with Gasteiger partial charge in [0.2, 0.25) is 0 Å². The van der Waals surface area contributed by atoms with Crippen LogP contribution in [0.2, 0.25) is 0 Å². The molecule has 0 fully saturated rings. The van der Waals surface area contributed by atoms with Crippen LogP contribution in [0.1, 0.15) is 80.6 Å². The molecule has 0 aromatic rings. The molecule has 0 aliphatic rings. The SMILES string of the molecule is CCCNC(CCCCC(C)(C)C)C(C)(C)C. The summed E-state index contributed by atoms with van der Waals surface area (Å²) in [6.07, 6.45) is 6.62. The van der Waals surface area contributed by atoms with Gasteiger partial charge in [0.1, 0.15) is 0 Å². The largest absolute Gasteiger partial charge is 0.313 e. The average Bonchev–Trinajstić information content (AvgIpc) is 2.13. The van der Waals surface area contributed by atoms with E-state index in [4.69, 9.17) is 0 Å². The smallest absolute Gasteiger partial charge is 0.0116 e. The Balaban J connectivity index is 3.93. The van der Waals surface area contributed by atoms with Crippen LogP contribution in [0.25, 0.3) is 0 Å². The van der Waals surface area contributed by atoms with Gasteiger partial charge in [0, 0.05) is 6.04 Å². The molecule has 0 saturated carbocycles. The Morgan fingerprint density at radius 2 is 1.53 bits per heavy atom. The molecule has 1 atom stereocenters. The summed E-state index contributed by atoms with van der Waals surface area (Å²) in [5.41, 5.74) is 0.880. The van der Waals surface area contributed by atoms with Crippen molar-refractivity contribution in [3.8, 4) is 0 Å². The van der Waals surface area contributed by atoms with Gasteiger partial charge >= 0.3 is 0 Å². The molecule has 0 rings (SSSR count). The zero-order chi connectivity index (χ0) is 13.5. The van der Waals surface area contributed by atoms with Crippen LogP contribution in [0.5, 0.6) is 0 Å². The van der Waals surface area contributed by atoms with Gasteiger partial charge in [-0.1, -0.05) is 61.3 Å². The van der Waals surface area contributed by atoms with E-state index in [0.29, 0.717) is 16.9 Å². The molecule has 0 spiro atoms. The van der Waals surface area contributed by atoms with Crippen LogP contribution in [0, 0.1) is 10.8 Å². The van der Waals surface area contributed by atoms with Gasteiger partial charge in [-0.2, -0.15) is 0 Å². The first-order valence-electron chi connectivity index (χ1n) is 7.40. The van der Waals surface area contributed by atoms with Crippen molar-refractivity contribution in [2.24, 2.45) is 10.8 Å². The molecule has 1 N–H and O–H groups in total. The second-order valence-corrected chi connectivity index (χ2v) is 7.68. The van der Waals surface area contributed by atoms with Gasteiger partial charge in [-0.05, 0) is 36.6 Å². The fraction of sp³-hybridized carbons (Fsp3) is 1.00. The third-order valence-electron chi connectivity index (χ3n) is 3.36. The van der Waals surface area contributed by atoms with Crippen LogP contribution < -0.4 is 5.32 Å². The van der Waals surface area contributed by atoms with Crippen LogP contribution in [-0.4, -0.2) is 12.6 Å². The second-order valence-electron chi connectivity index (χ2n) is 7.68. The first-order chi connectivity index (χ1) is 7.67. The van der Waals surface area contributed by atoms with Crippen molar-refractivity contribution in [2.45, 2.75) is 86.6 Å². The molecule has 0 radical (unpaired) electrons. The maximum absolute atomic E-state index is 3.71. The molecule has 104 valence electrons. The van der Waals surface area contributed by atoms with E-state index in [1.807, 2.05) is 0 Å². The molecule has 1 unspecified atom stereocenters. The Morgan fingerprint density at radius 3 is 1.94 bits per heavy atom. The Hall–Kier alpha value is -0.0400. The lowest BCUT2D eigenvalue weighted by Crippen LogP contribution is -2.40. The van der Waals surface area contributed by atoms with Crippen molar-refractivity contribution in [1.29, 1.82) is 0 Å². The monoisotopic (exact) mass is 241 g/mol. The quantitative estimate of drug-likeness (QED) is 0.618. The minimum atomic E-state index is 0.386. The molecule has 0 aromatic heterocycles. The standard InChI is InChI=1S/C16H35N/c1-8-13-17-14(16(5,6)7)11-9-10-12-15(2,3)4/h14,17H,8-13H2,1-7H3. The van der Waals surface area contributed by atoms with Gasteiger partial charge in [0.25, 0.3) is 0 Å². The summed E-state index contributed by atoms with van der Waals surface area (Å²) in [6, 6.07) is 0.669. The summed E-state index contributed by atoms with van der Waals surface area (Å²) >= 11 is 0. The molecule has 1 nitrogen and oxygen atoms in total. The van der Waals surface area contributed by atoms with E-state index in [1.165, 1.54) is 32.1 Å². The Labute approximate surface area is 110 Å². The Kier molecular flexibility index (Phi) is 7.39. The number of hydrogen-bond donors (Lipinski definition) is 1. The summed E-state index contributed by atoms with van der Waals surface area (Å²) in [6.45, 7) is 17.5. The van der Waals surface area contributed by atoms with Gasteiger partial charge in [-0.25, -0.2) is 0 Å². The Bertz CT molecular complexity index is 183. The van der Waals surface area contributed by atoms with Crippen molar-refractivity contribution >= 4 is 0 Å². The normalized spacial score (nSPS) is 15.0. The summed E-state index contributed by atoms with van der Waals surface area (Å²) < 4.78 is 0. The minimum Gasteiger partial charge on any atom is -0.313 e. The van der Waals surface area contributed by atoms with Crippen LogP contribution >= 0.6 is 0 Å². The minimum absolute atomic E-state index is 0.386. The number of unbranched alkanes of at least 4 members (excludes halogenated alkanes) is 1. The summed E-state index contributed by atoms with van der Waals surface area (Å²) in [4.78, 5) is 0. The lowest BCUT2D eigenvalue weighted by Gasteiger charge is -2.32. The third-order valence-corrected chi connectivity index (χ3v) is 3.36. The van der Waals surface area contributed by atoms with Crippen molar-refractivity contribution in [3.05, 3.63) is 0 Å². The van der Waals surface area contributed by atoms with Crippen LogP contribution in [0.15, 0.2) is 0 Å². The van der Waals surface area contributed by atoms with E-state index in [2.05, 4.69) is 53.8 Å². The molecule has 0 saturated heterocycles. The van der Waals surface area contributed by atoms with Gasteiger partial charge in [-0.3, -0.25) is 0 Å². The predicted molar refractivity (Wildman–Crippen MR) is 79.5 cm³/mol. The summed E-state index contributed by atoms with van der Waals surface area (Å²) in [5, 5.41) is 3.71. The molecule has 0 heterocycles. The molecule has 1 heteroatoms. The first kappa shape index (κ1) is 17.0. The van der Waals surface area contributed by atoms with Crippen LogP contribution in [-0.2, 0) is 0 Å². The average molecular weight is 241 g/mol. The van der Waals surface area contributed by atoms with E-state index in [-0.39, 0.29) is 0 Å². The van der Waals surface area contributed by atoms with Gasteiger partial charge in [0.05, 0.1) is 0 Å². The topological polar surface area (TPSA) is 12.0 Å². The maximum Gasteiger partial charge on any atom is 0.0116 e.